The third-order valence-corrected chi connectivity index (χ3v) is 5.96. The van der Waals surface area contributed by atoms with Gasteiger partial charge in [0.15, 0.2) is 0 Å². The Morgan fingerprint density at radius 3 is 2.41 bits per heavy atom. The van der Waals surface area contributed by atoms with E-state index in [2.05, 4.69) is 4.74 Å². The van der Waals surface area contributed by atoms with Crippen molar-refractivity contribution < 1.29 is 36.3 Å². The lowest BCUT2D eigenvalue weighted by Gasteiger charge is -2.36. The Bertz CT molecular complexity index is 777. The number of sulfonamides is 1. The molecule has 0 saturated carbocycles. The molecule has 0 unspecified atom stereocenters. The fourth-order valence-electron chi connectivity index (χ4n) is 2.79. The first-order valence-electron chi connectivity index (χ1n) is 8.04. The number of anilines is 1. The Kier molecular flexibility index (Phi) is 6.54. The number of carbonyl (C=O) groups is 1. The number of hydroxylamine groups is 1. The minimum atomic E-state index is -4.76. The highest BCUT2D eigenvalue weighted by atomic mass is 32.2. The van der Waals surface area contributed by atoms with E-state index < -0.39 is 28.0 Å². The SMILES string of the molecule is Cc1cc(OC(F)(F)F)ccc1N1CCN(S(=O)(=O)CCC(=O)NO)CC1. The molecule has 1 aliphatic heterocycles. The summed E-state index contributed by atoms with van der Waals surface area (Å²) in [6.07, 6.45) is -5.11. The van der Waals surface area contributed by atoms with Crippen LogP contribution in [0, 0.1) is 6.92 Å². The van der Waals surface area contributed by atoms with Crippen LogP contribution in [-0.4, -0.2) is 62.1 Å². The van der Waals surface area contributed by atoms with Gasteiger partial charge < -0.3 is 9.64 Å². The average molecular weight is 411 g/mol. The van der Waals surface area contributed by atoms with E-state index in [9.17, 15) is 26.4 Å². The zero-order chi connectivity index (χ0) is 20.2. The van der Waals surface area contributed by atoms with Gasteiger partial charge in [-0.3, -0.25) is 10.0 Å². The predicted octanol–water partition coefficient (Wildman–Crippen LogP) is 1.24. The Labute approximate surface area is 154 Å². The minimum absolute atomic E-state index is 0.184. The number of amides is 1. The van der Waals surface area contributed by atoms with E-state index in [0.717, 1.165) is 0 Å². The van der Waals surface area contributed by atoms with Gasteiger partial charge in [-0.2, -0.15) is 4.31 Å². The molecule has 2 N–H and O–H groups in total. The molecule has 0 atom stereocenters. The van der Waals surface area contributed by atoms with Gasteiger partial charge in [0.25, 0.3) is 0 Å². The van der Waals surface area contributed by atoms with Gasteiger partial charge in [0, 0.05) is 38.3 Å². The fraction of sp³-hybridized carbons (Fsp3) is 0.533. The van der Waals surface area contributed by atoms with Gasteiger partial charge in [0.2, 0.25) is 15.9 Å². The molecular formula is C15H20F3N3O5S. The van der Waals surface area contributed by atoms with Crippen molar-refractivity contribution in [1.29, 1.82) is 0 Å². The van der Waals surface area contributed by atoms with Gasteiger partial charge in [-0.1, -0.05) is 0 Å². The summed E-state index contributed by atoms with van der Waals surface area (Å²) in [5.41, 5.74) is 2.66. The number of ether oxygens (including phenoxy) is 1. The maximum absolute atomic E-state index is 12.3. The van der Waals surface area contributed by atoms with Crippen molar-refractivity contribution in [3.8, 4) is 5.75 Å². The average Bonchev–Trinajstić information content (AvgIpc) is 2.58. The first-order valence-corrected chi connectivity index (χ1v) is 9.65. The van der Waals surface area contributed by atoms with Crippen LogP contribution in [0.25, 0.3) is 0 Å². The molecule has 12 heteroatoms. The summed E-state index contributed by atoms with van der Waals surface area (Å²) < 4.78 is 66.4. The highest BCUT2D eigenvalue weighted by Gasteiger charge is 2.32. The van der Waals surface area contributed by atoms with Gasteiger partial charge in [-0.05, 0) is 30.7 Å². The molecule has 0 radical (unpaired) electrons. The van der Waals surface area contributed by atoms with E-state index in [1.165, 1.54) is 28.0 Å². The third kappa shape index (κ3) is 5.97. The van der Waals surface area contributed by atoms with Gasteiger partial charge in [-0.25, -0.2) is 13.9 Å². The lowest BCUT2D eigenvalue weighted by molar-refractivity contribution is -0.274. The van der Waals surface area contributed by atoms with Crippen LogP contribution in [0.1, 0.15) is 12.0 Å². The molecular weight excluding hydrogens is 391 g/mol. The highest BCUT2D eigenvalue weighted by Crippen LogP contribution is 2.29. The molecule has 0 aromatic heterocycles. The Morgan fingerprint density at radius 2 is 1.89 bits per heavy atom. The number of alkyl halides is 3. The van der Waals surface area contributed by atoms with Crippen LogP contribution in [0.3, 0.4) is 0 Å². The van der Waals surface area contributed by atoms with Crippen LogP contribution in [0.2, 0.25) is 0 Å². The first-order chi connectivity index (χ1) is 12.5. The number of nitrogens with zero attached hydrogens (tertiary/aromatic N) is 2. The minimum Gasteiger partial charge on any atom is -0.406 e. The molecule has 2 rings (SSSR count). The molecule has 1 heterocycles. The van der Waals surface area contributed by atoms with Gasteiger partial charge >= 0.3 is 6.36 Å². The van der Waals surface area contributed by atoms with Crippen LogP contribution in [-0.2, 0) is 14.8 Å². The van der Waals surface area contributed by atoms with Crippen LogP contribution in [0.5, 0.6) is 5.75 Å². The summed E-state index contributed by atoms with van der Waals surface area (Å²) in [5, 5.41) is 8.42. The van der Waals surface area contributed by atoms with Crippen molar-refractivity contribution in [2.75, 3.05) is 36.8 Å². The van der Waals surface area contributed by atoms with Crippen molar-refractivity contribution in [2.24, 2.45) is 0 Å². The van der Waals surface area contributed by atoms with E-state index in [1.54, 1.807) is 6.92 Å². The quantitative estimate of drug-likeness (QED) is 0.540. The summed E-state index contributed by atoms with van der Waals surface area (Å²) >= 11 is 0. The second kappa shape index (κ2) is 8.31. The van der Waals surface area contributed by atoms with E-state index in [-0.39, 0.29) is 25.3 Å². The molecule has 0 aliphatic carbocycles. The summed E-state index contributed by atoms with van der Waals surface area (Å²) in [7, 11) is -3.64. The Morgan fingerprint density at radius 1 is 1.26 bits per heavy atom. The number of aryl methyl sites for hydroxylation is 1. The molecule has 152 valence electrons. The van der Waals surface area contributed by atoms with Crippen molar-refractivity contribution >= 4 is 21.6 Å². The molecule has 1 fully saturated rings. The van der Waals surface area contributed by atoms with E-state index in [4.69, 9.17) is 5.21 Å². The number of hydrogen-bond acceptors (Lipinski definition) is 6. The number of carbonyl (C=O) groups excluding carboxylic acids is 1. The topological polar surface area (TPSA) is 99.2 Å². The van der Waals surface area contributed by atoms with Crippen molar-refractivity contribution in [1.82, 2.24) is 9.79 Å². The van der Waals surface area contributed by atoms with Crippen LogP contribution in [0.15, 0.2) is 18.2 Å². The van der Waals surface area contributed by atoms with Crippen LogP contribution < -0.4 is 15.1 Å². The molecule has 1 saturated heterocycles. The number of hydrogen-bond donors (Lipinski definition) is 2. The number of halogens is 3. The molecule has 1 amide bonds. The number of piperazine rings is 1. The summed E-state index contributed by atoms with van der Waals surface area (Å²) in [6.45, 7) is 2.72. The first kappa shape index (κ1) is 21.3. The van der Waals surface area contributed by atoms with E-state index in [1.807, 2.05) is 4.90 Å². The number of benzene rings is 1. The molecule has 27 heavy (non-hydrogen) atoms. The second-order valence-electron chi connectivity index (χ2n) is 5.98. The van der Waals surface area contributed by atoms with Crippen molar-refractivity contribution in [3.05, 3.63) is 23.8 Å². The van der Waals surface area contributed by atoms with Crippen LogP contribution >= 0.6 is 0 Å². The van der Waals surface area contributed by atoms with Crippen molar-refractivity contribution in [3.63, 3.8) is 0 Å². The molecule has 8 nitrogen and oxygen atoms in total. The van der Waals surface area contributed by atoms with Crippen molar-refractivity contribution in [2.45, 2.75) is 19.7 Å². The number of nitrogens with one attached hydrogen (secondary N) is 1. The molecule has 1 aromatic rings. The smallest absolute Gasteiger partial charge is 0.406 e. The molecule has 1 aromatic carbocycles. The fourth-order valence-corrected chi connectivity index (χ4v) is 4.21. The second-order valence-corrected chi connectivity index (χ2v) is 8.07. The molecule has 0 bridgehead atoms. The maximum Gasteiger partial charge on any atom is 0.573 e. The lowest BCUT2D eigenvalue weighted by Crippen LogP contribution is -2.49. The highest BCUT2D eigenvalue weighted by molar-refractivity contribution is 7.89. The van der Waals surface area contributed by atoms with Gasteiger partial charge in [0.05, 0.1) is 5.75 Å². The van der Waals surface area contributed by atoms with E-state index >= 15 is 0 Å². The lowest BCUT2D eigenvalue weighted by atomic mass is 10.1. The predicted molar refractivity (Wildman–Crippen MR) is 90.0 cm³/mol. The Hall–Kier alpha value is -2.05. The maximum atomic E-state index is 12.3. The zero-order valence-corrected chi connectivity index (χ0v) is 15.3. The van der Waals surface area contributed by atoms with Crippen LogP contribution in [0.4, 0.5) is 18.9 Å². The van der Waals surface area contributed by atoms with Gasteiger partial charge in [0.1, 0.15) is 5.75 Å². The normalized spacial score (nSPS) is 16.3. The molecule has 0 spiro atoms. The summed E-state index contributed by atoms with van der Waals surface area (Å²) in [5.74, 6) is -1.51. The Balaban J connectivity index is 1.98. The third-order valence-electron chi connectivity index (χ3n) is 4.09. The van der Waals surface area contributed by atoms with Gasteiger partial charge in [-0.15, -0.1) is 13.2 Å². The standard InChI is InChI=1S/C15H20F3N3O5S/c1-11-10-12(26-15(16,17)18)2-3-13(11)20-5-7-21(8-6-20)27(24,25)9-4-14(22)19-23/h2-3,10,23H,4-9H2,1H3,(H,19,22). The number of rotatable bonds is 6. The zero-order valence-electron chi connectivity index (χ0n) is 14.5. The molecule has 1 aliphatic rings. The monoisotopic (exact) mass is 411 g/mol. The summed E-state index contributed by atoms with van der Waals surface area (Å²) in [4.78, 5) is 12.9. The van der Waals surface area contributed by atoms with E-state index in [0.29, 0.717) is 24.3 Å². The summed E-state index contributed by atoms with van der Waals surface area (Å²) in [6, 6.07) is 4.00. The largest absolute Gasteiger partial charge is 0.573 e.